The van der Waals surface area contributed by atoms with Gasteiger partial charge in [-0.1, -0.05) is 17.2 Å². The molecule has 0 saturated heterocycles. The first kappa shape index (κ1) is 26.7. The van der Waals surface area contributed by atoms with Gasteiger partial charge in [-0.25, -0.2) is 0 Å². The van der Waals surface area contributed by atoms with E-state index in [9.17, 15) is 14.2 Å². The Bertz CT molecular complexity index is 545. The molecule has 9 heteroatoms. The van der Waals surface area contributed by atoms with Gasteiger partial charge in [-0.05, 0) is 67.4 Å². The van der Waals surface area contributed by atoms with Gasteiger partial charge in [0, 0.05) is 0 Å². The Morgan fingerprint density at radius 2 is 1.22 bits per heavy atom. The molecule has 0 spiro atoms. The van der Waals surface area contributed by atoms with Crippen LogP contribution in [0.2, 0.25) is 0 Å². The van der Waals surface area contributed by atoms with Crippen LogP contribution in [0.1, 0.15) is 61.3 Å². The fourth-order valence-electron chi connectivity index (χ4n) is 2.43. The molecular formula is C18H36O7P2. The molecule has 0 atom stereocenters. The molecule has 0 amide bonds. The molecule has 0 aromatic heterocycles. The average molecular weight is 426 g/mol. The van der Waals surface area contributed by atoms with Crippen molar-refractivity contribution < 1.29 is 32.3 Å². The van der Waals surface area contributed by atoms with Crippen LogP contribution < -0.4 is 0 Å². The predicted octanol–water partition coefficient (Wildman–Crippen LogP) is 5.86. The summed E-state index contributed by atoms with van der Waals surface area (Å²) in [4.78, 5) is 0. The second kappa shape index (κ2) is 12.3. The van der Waals surface area contributed by atoms with Crippen molar-refractivity contribution in [2.24, 2.45) is 0 Å². The van der Waals surface area contributed by atoms with Crippen LogP contribution in [-0.2, 0) is 27.2 Å². The van der Waals surface area contributed by atoms with E-state index in [0.717, 1.165) is 6.42 Å². The highest BCUT2D eigenvalue weighted by Gasteiger charge is 2.63. The molecule has 0 aliphatic rings. The van der Waals surface area contributed by atoms with E-state index in [1.54, 1.807) is 34.6 Å². The Morgan fingerprint density at radius 3 is 1.52 bits per heavy atom. The zero-order valence-electron chi connectivity index (χ0n) is 17.7. The van der Waals surface area contributed by atoms with Crippen LogP contribution in [0.5, 0.6) is 0 Å². The second-order valence-electron chi connectivity index (χ2n) is 6.16. The van der Waals surface area contributed by atoms with Crippen LogP contribution in [0, 0.1) is 0 Å². The van der Waals surface area contributed by atoms with Gasteiger partial charge in [-0.3, -0.25) is 9.13 Å². The number of hydrogen-bond donors (Lipinski definition) is 1. The number of rotatable bonds is 14. The molecule has 27 heavy (non-hydrogen) atoms. The molecule has 0 heterocycles. The second-order valence-corrected chi connectivity index (χ2v) is 10.9. The molecular weight excluding hydrogens is 390 g/mol. The SMILES string of the molecule is CCOP(=O)(OCC)C(O)(/C=C(\C)CCC=C(C)C)P(=O)(OCC)OCC. The van der Waals surface area contributed by atoms with Crippen molar-refractivity contribution in [2.45, 2.75) is 66.4 Å². The number of allylic oxidation sites excluding steroid dienone is 3. The minimum atomic E-state index is -4.28. The maximum Gasteiger partial charge on any atom is 0.378 e. The van der Waals surface area contributed by atoms with Crippen molar-refractivity contribution >= 4 is 15.2 Å². The summed E-state index contributed by atoms with van der Waals surface area (Å²) in [6, 6.07) is 0. The molecule has 0 radical (unpaired) electrons. The van der Waals surface area contributed by atoms with Gasteiger partial charge in [0.1, 0.15) is 0 Å². The number of aliphatic hydroxyl groups is 1. The van der Waals surface area contributed by atoms with E-state index in [4.69, 9.17) is 18.1 Å². The monoisotopic (exact) mass is 426 g/mol. The minimum Gasteiger partial charge on any atom is -0.364 e. The van der Waals surface area contributed by atoms with Gasteiger partial charge in [0.05, 0.1) is 26.4 Å². The zero-order chi connectivity index (χ0) is 21.1. The fraction of sp³-hybridized carbons (Fsp3) is 0.778. The summed E-state index contributed by atoms with van der Waals surface area (Å²) in [7, 11) is -8.55. The molecule has 0 aliphatic carbocycles. The summed E-state index contributed by atoms with van der Waals surface area (Å²) in [6.45, 7) is 12.2. The maximum absolute atomic E-state index is 13.5. The lowest BCUT2D eigenvalue weighted by molar-refractivity contribution is 0.108. The first-order valence-electron chi connectivity index (χ1n) is 9.38. The van der Waals surface area contributed by atoms with Gasteiger partial charge in [0.25, 0.3) is 5.08 Å². The Hall–Kier alpha value is -0.260. The highest BCUT2D eigenvalue weighted by Crippen LogP contribution is 2.77. The van der Waals surface area contributed by atoms with Crippen molar-refractivity contribution in [1.82, 2.24) is 0 Å². The van der Waals surface area contributed by atoms with Gasteiger partial charge >= 0.3 is 15.2 Å². The van der Waals surface area contributed by atoms with E-state index in [1.807, 2.05) is 19.9 Å². The molecule has 0 aromatic rings. The van der Waals surface area contributed by atoms with Crippen LogP contribution in [0.25, 0.3) is 0 Å². The quantitative estimate of drug-likeness (QED) is 0.275. The highest BCUT2D eigenvalue weighted by molar-refractivity contribution is 7.74. The van der Waals surface area contributed by atoms with Crippen molar-refractivity contribution in [3.05, 3.63) is 23.3 Å². The minimum absolute atomic E-state index is 0.00247. The average Bonchev–Trinajstić information content (AvgIpc) is 2.55. The molecule has 160 valence electrons. The van der Waals surface area contributed by atoms with Crippen molar-refractivity contribution in [3.8, 4) is 0 Å². The fourth-order valence-corrected chi connectivity index (χ4v) is 7.35. The predicted molar refractivity (Wildman–Crippen MR) is 109 cm³/mol. The van der Waals surface area contributed by atoms with Gasteiger partial charge < -0.3 is 23.2 Å². The number of hydrogen-bond acceptors (Lipinski definition) is 7. The lowest BCUT2D eigenvalue weighted by Gasteiger charge is -2.36. The Labute approximate surface area is 164 Å². The summed E-state index contributed by atoms with van der Waals surface area (Å²) in [6.07, 6.45) is 4.61. The summed E-state index contributed by atoms with van der Waals surface area (Å²) in [5, 5.41) is 8.90. The molecule has 7 nitrogen and oxygen atoms in total. The largest absolute Gasteiger partial charge is 0.378 e. The van der Waals surface area contributed by atoms with E-state index in [-0.39, 0.29) is 26.4 Å². The topological polar surface area (TPSA) is 91.3 Å². The highest BCUT2D eigenvalue weighted by atomic mass is 31.2. The summed E-state index contributed by atoms with van der Waals surface area (Å²) in [5.41, 5.74) is 1.84. The van der Waals surface area contributed by atoms with E-state index in [2.05, 4.69) is 0 Å². The van der Waals surface area contributed by atoms with Gasteiger partial charge in [0.2, 0.25) is 0 Å². The van der Waals surface area contributed by atoms with Crippen LogP contribution in [0.3, 0.4) is 0 Å². The van der Waals surface area contributed by atoms with Crippen molar-refractivity contribution in [1.29, 1.82) is 0 Å². The van der Waals surface area contributed by atoms with Crippen molar-refractivity contribution in [2.75, 3.05) is 26.4 Å². The molecule has 0 saturated carbocycles. The van der Waals surface area contributed by atoms with Gasteiger partial charge in [-0.15, -0.1) is 0 Å². The third-order valence-electron chi connectivity index (χ3n) is 3.53. The Kier molecular flexibility index (Phi) is 12.2. The Balaban J connectivity index is 6.32. The van der Waals surface area contributed by atoms with Gasteiger partial charge in [-0.2, -0.15) is 0 Å². The smallest absolute Gasteiger partial charge is 0.364 e. The first-order chi connectivity index (χ1) is 12.6. The molecule has 0 bridgehead atoms. The third-order valence-corrected chi connectivity index (χ3v) is 9.27. The van der Waals surface area contributed by atoms with Gasteiger partial charge in [0.15, 0.2) is 0 Å². The van der Waals surface area contributed by atoms with E-state index < -0.39 is 20.3 Å². The van der Waals surface area contributed by atoms with Crippen LogP contribution in [-0.4, -0.2) is 36.6 Å². The summed E-state index contributed by atoms with van der Waals surface area (Å²) < 4.78 is 48.2. The molecule has 0 unspecified atom stereocenters. The normalized spacial score (nSPS) is 13.7. The Morgan fingerprint density at radius 1 is 0.852 bits per heavy atom. The molecule has 0 aliphatic heterocycles. The van der Waals surface area contributed by atoms with E-state index >= 15 is 0 Å². The third kappa shape index (κ3) is 7.25. The van der Waals surface area contributed by atoms with Crippen molar-refractivity contribution in [3.63, 3.8) is 0 Å². The van der Waals surface area contributed by atoms with Crippen LogP contribution in [0.15, 0.2) is 23.3 Å². The van der Waals surface area contributed by atoms with Crippen LogP contribution >= 0.6 is 15.2 Å². The molecule has 1 N–H and O–H groups in total. The lowest BCUT2D eigenvalue weighted by atomic mass is 10.1. The first-order valence-corrected chi connectivity index (χ1v) is 12.5. The van der Waals surface area contributed by atoms with E-state index in [1.165, 1.54) is 11.6 Å². The van der Waals surface area contributed by atoms with Crippen LogP contribution in [0.4, 0.5) is 0 Å². The molecule has 0 fully saturated rings. The summed E-state index contributed by atoms with van der Waals surface area (Å²) >= 11 is 0. The summed E-state index contributed by atoms with van der Waals surface area (Å²) in [5.74, 6) is 0. The standard InChI is InChI=1S/C18H36O7P2/c1-8-22-26(20,23-9-2)18(19,27(21,24-10-3)25-11-4)15-17(7)14-12-13-16(5)6/h13,15,19H,8-12,14H2,1-7H3/b17-15+. The lowest BCUT2D eigenvalue weighted by Crippen LogP contribution is -2.31. The van der Waals surface area contributed by atoms with E-state index in [0.29, 0.717) is 12.0 Å². The molecule has 0 aromatic carbocycles. The molecule has 0 rings (SSSR count). The maximum atomic E-state index is 13.5. The zero-order valence-corrected chi connectivity index (χ0v) is 19.5.